The van der Waals surface area contributed by atoms with Crippen molar-refractivity contribution in [3.05, 3.63) is 45.6 Å². The average Bonchev–Trinajstić information content (AvgIpc) is 3.06. The van der Waals surface area contributed by atoms with Crippen LogP contribution in [0.15, 0.2) is 24.4 Å². The van der Waals surface area contributed by atoms with Crippen LogP contribution in [-0.2, 0) is 4.74 Å². The molecule has 6 nitrogen and oxygen atoms in total. The zero-order chi connectivity index (χ0) is 18.7. The van der Waals surface area contributed by atoms with E-state index in [9.17, 15) is 9.59 Å². The van der Waals surface area contributed by atoms with Gasteiger partial charge < -0.3 is 15.0 Å². The van der Waals surface area contributed by atoms with Crippen molar-refractivity contribution in [2.45, 2.75) is 19.8 Å². The van der Waals surface area contributed by atoms with Gasteiger partial charge in [0.1, 0.15) is 10.2 Å². The second kappa shape index (κ2) is 8.16. The average molecular weight is 394 g/mol. The van der Waals surface area contributed by atoms with Gasteiger partial charge in [0.15, 0.2) is 0 Å². The van der Waals surface area contributed by atoms with Crippen molar-refractivity contribution in [1.82, 2.24) is 9.88 Å². The number of pyridine rings is 1. The number of nitrogens with one attached hydrogen (secondary N) is 1. The van der Waals surface area contributed by atoms with E-state index in [0.29, 0.717) is 47.6 Å². The Morgan fingerprint density at radius 1 is 1.31 bits per heavy atom. The molecule has 3 heterocycles. The number of hydrogen-bond donors (Lipinski definition) is 1. The van der Waals surface area contributed by atoms with Crippen molar-refractivity contribution in [3.63, 3.8) is 0 Å². The summed E-state index contributed by atoms with van der Waals surface area (Å²) in [6.07, 6.45) is 1.41. The van der Waals surface area contributed by atoms with E-state index in [2.05, 4.69) is 24.1 Å². The third-order valence-electron chi connectivity index (χ3n) is 4.07. The number of carbonyl (C=O) groups excluding carboxylic acids is 2. The fourth-order valence-corrected chi connectivity index (χ4v) is 3.73. The summed E-state index contributed by atoms with van der Waals surface area (Å²) < 4.78 is 5.31. The van der Waals surface area contributed by atoms with Gasteiger partial charge in [0, 0.05) is 24.2 Å². The second-order valence-corrected chi connectivity index (χ2v) is 7.75. The number of anilines is 1. The first-order chi connectivity index (χ1) is 12.5. The number of rotatable bonds is 4. The molecule has 0 aliphatic carbocycles. The third kappa shape index (κ3) is 4.23. The van der Waals surface area contributed by atoms with Crippen LogP contribution in [0, 0.1) is 0 Å². The van der Waals surface area contributed by atoms with Gasteiger partial charge in [-0.25, -0.2) is 4.98 Å². The van der Waals surface area contributed by atoms with E-state index in [4.69, 9.17) is 16.3 Å². The van der Waals surface area contributed by atoms with Gasteiger partial charge in [-0.15, -0.1) is 11.3 Å². The predicted octanol–water partition coefficient (Wildman–Crippen LogP) is 3.64. The van der Waals surface area contributed by atoms with E-state index in [1.165, 1.54) is 17.5 Å². The molecule has 2 amide bonds. The first kappa shape index (κ1) is 18.8. The van der Waals surface area contributed by atoms with Gasteiger partial charge in [-0.05, 0) is 24.1 Å². The molecule has 138 valence electrons. The molecule has 26 heavy (non-hydrogen) atoms. The molecule has 0 atom stereocenters. The van der Waals surface area contributed by atoms with Gasteiger partial charge in [-0.3, -0.25) is 9.59 Å². The van der Waals surface area contributed by atoms with Crippen LogP contribution in [0.1, 0.15) is 45.4 Å². The fraction of sp³-hybridized carbons (Fsp3) is 0.389. The lowest BCUT2D eigenvalue weighted by molar-refractivity contribution is 0.0304. The van der Waals surface area contributed by atoms with Crippen molar-refractivity contribution in [3.8, 4) is 0 Å². The Morgan fingerprint density at radius 3 is 2.65 bits per heavy atom. The Kier molecular flexibility index (Phi) is 5.90. The van der Waals surface area contributed by atoms with Crippen LogP contribution in [0.25, 0.3) is 0 Å². The van der Waals surface area contributed by atoms with Gasteiger partial charge >= 0.3 is 0 Å². The van der Waals surface area contributed by atoms with Crippen molar-refractivity contribution in [2.24, 2.45) is 0 Å². The normalized spacial score (nSPS) is 14.5. The van der Waals surface area contributed by atoms with E-state index in [1.807, 2.05) is 6.07 Å². The minimum Gasteiger partial charge on any atom is -0.378 e. The first-order valence-corrected chi connectivity index (χ1v) is 9.59. The molecule has 1 aliphatic rings. The van der Waals surface area contributed by atoms with E-state index < -0.39 is 0 Å². The quantitative estimate of drug-likeness (QED) is 0.805. The number of amides is 2. The van der Waals surface area contributed by atoms with Crippen LogP contribution < -0.4 is 5.32 Å². The number of aromatic nitrogens is 1. The van der Waals surface area contributed by atoms with Gasteiger partial charge in [0.25, 0.3) is 11.8 Å². The molecule has 0 unspecified atom stereocenters. The summed E-state index contributed by atoms with van der Waals surface area (Å²) >= 11 is 7.20. The Labute approximate surface area is 161 Å². The molecule has 1 saturated heterocycles. The maximum Gasteiger partial charge on any atom is 0.257 e. The molecule has 0 spiro atoms. The van der Waals surface area contributed by atoms with Crippen molar-refractivity contribution in [1.29, 1.82) is 0 Å². The maximum absolute atomic E-state index is 12.9. The predicted molar refractivity (Wildman–Crippen MR) is 102 cm³/mol. The molecular weight excluding hydrogens is 374 g/mol. The van der Waals surface area contributed by atoms with Crippen molar-refractivity contribution in [2.75, 3.05) is 31.6 Å². The highest BCUT2D eigenvalue weighted by molar-refractivity contribution is 7.16. The first-order valence-electron chi connectivity index (χ1n) is 8.39. The number of halogens is 1. The van der Waals surface area contributed by atoms with E-state index in [1.54, 1.807) is 17.0 Å². The summed E-state index contributed by atoms with van der Waals surface area (Å²) in [7, 11) is 0. The molecule has 2 aromatic heterocycles. The SMILES string of the molecule is CC(C)c1cc(C(=O)N2CCOCC2)c(NC(=O)c2ccc(Cl)nc2)s1. The second-order valence-electron chi connectivity index (χ2n) is 6.27. The van der Waals surface area contributed by atoms with Gasteiger partial charge in [0.05, 0.1) is 24.3 Å². The summed E-state index contributed by atoms with van der Waals surface area (Å²) in [6.45, 7) is 6.30. The standard InChI is InChI=1S/C18H20ClN3O3S/c1-11(2)14-9-13(18(24)22-5-7-25-8-6-22)17(26-14)21-16(23)12-3-4-15(19)20-10-12/h3-4,9-11H,5-8H2,1-2H3,(H,21,23). The summed E-state index contributed by atoms with van der Waals surface area (Å²) in [4.78, 5) is 32.2. The maximum atomic E-state index is 12.9. The monoisotopic (exact) mass is 393 g/mol. The Morgan fingerprint density at radius 2 is 2.04 bits per heavy atom. The fourth-order valence-electron chi connectivity index (χ4n) is 2.57. The molecule has 3 rings (SSSR count). The summed E-state index contributed by atoms with van der Waals surface area (Å²) in [5, 5.41) is 3.74. The van der Waals surface area contributed by atoms with E-state index >= 15 is 0 Å². The highest BCUT2D eigenvalue weighted by Gasteiger charge is 2.25. The van der Waals surface area contributed by atoms with Gasteiger partial charge in [-0.2, -0.15) is 0 Å². The molecule has 1 N–H and O–H groups in total. The van der Waals surface area contributed by atoms with Crippen molar-refractivity contribution < 1.29 is 14.3 Å². The minimum absolute atomic E-state index is 0.0824. The topological polar surface area (TPSA) is 71.5 Å². The highest BCUT2D eigenvalue weighted by atomic mass is 35.5. The Bertz CT molecular complexity index is 799. The Balaban J connectivity index is 1.86. The summed E-state index contributed by atoms with van der Waals surface area (Å²) in [5.41, 5.74) is 0.912. The number of carbonyl (C=O) groups is 2. The molecule has 1 aliphatic heterocycles. The molecule has 1 fully saturated rings. The van der Waals surface area contributed by atoms with Gasteiger partial charge in [-0.1, -0.05) is 25.4 Å². The molecule has 2 aromatic rings. The van der Waals surface area contributed by atoms with Crippen LogP contribution in [0.3, 0.4) is 0 Å². The van der Waals surface area contributed by atoms with Crippen LogP contribution in [-0.4, -0.2) is 48.0 Å². The van der Waals surface area contributed by atoms with Crippen LogP contribution in [0.5, 0.6) is 0 Å². The van der Waals surface area contributed by atoms with E-state index in [-0.39, 0.29) is 17.7 Å². The van der Waals surface area contributed by atoms with Crippen LogP contribution in [0.4, 0.5) is 5.00 Å². The number of hydrogen-bond acceptors (Lipinski definition) is 5. The van der Waals surface area contributed by atoms with E-state index in [0.717, 1.165) is 4.88 Å². The molecular formula is C18H20ClN3O3S. The van der Waals surface area contributed by atoms with Crippen LogP contribution >= 0.6 is 22.9 Å². The zero-order valence-electron chi connectivity index (χ0n) is 14.6. The largest absolute Gasteiger partial charge is 0.378 e. The molecule has 0 radical (unpaired) electrons. The smallest absolute Gasteiger partial charge is 0.257 e. The lowest BCUT2D eigenvalue weighted by Gasteiger charge is -2.26. The summed E-state index contributed by atoms with van der Waals surface area (Å²) in [5.74, 6) is -0.137. The minimum atomic E-state index is -0.317. The van der Waals surface area contributed by atoms with Crippen molar-refractivity contribution >= 4 is 39.8 Å². The summed E-state index contributed by atoms with van der Waals surface area (Å²) in [6, 6.07) is 5.04. The molecule has 0 bridgehead atoms. The Hall–Kier alpha value is -1.96. The lowest BCUT2D eigenvalue weighted by Crippen LogP contribution is -2.40. The zero-order valence-corrected chi connectivity index (χ0v) is 16.2. The third-order valence-corrected chi connectivity index (χ3v) is 5.64. The molecule has 0 saturated carbocycles. The number of nitrogens with zero attached hydrogens (tertiary/aromatic N) is 2. The molecule has 8 heteroatoms. The number of thiophene rings is 1. The van der Waals surface area contributed by atoms with Crippen LogP contribution in [0.2, 0.25) is 5.15 Å². The lowest BCUT2D eigenvalue weighted by atomic mass is 10.1. The van der Waals surface area contributed by atoms with Gasteiger partial charge in [0.2, 0.25) is 0 Å². The number of morpholine rings is 1. The number of ether oxygens (including phenoxy) is 1. The molecule has 0 aromatic carbocycles. The highest BCUT2D eigenvalue weighted by Crippen LogP contribution is 2.34.